The van der Waals surface area contributed by atoms with Crippen LogP contribution in [-0.2, 0) is 17.5 Å². The maximum atomic E-state index is 12.6. The lowest BCUT2D eigenvalue weighted by Gasteiger charge is -2.34. The SMILES string of the molecule is CS(=O)Nc1ccn(C(=O)N2CCN(Cc3ccc(Cl)c(/C(=N/N)NN)c3)CC2)n1. The Morgan fingerprint density at radius 1 is 1.30 bits per heavy atom. The maximum absolute atomic E-state index is 12.6. The van der Waals surface area contributed by atoms with Gasteiger partial charge in [-0.3, -0.25) is 9.62 Å². The standard InChI is InChI=1S/C17H24ClN9O2S/c1-30(29)24-15-4-5-27(23-15)17(28)26-8-6-25(7-9-26)11-12-2-3-14(18)13(10-12)16(21-19)22-20/h2-5,10H,6-9,11,19-20H2,1H3,(H,21,22)(H,23,24). The van der Waals surface area contributed by atoms with E-state index in [-0.39, 0.29) is 6.03 Å². The Kier molecular flexibility index (Phi) is 7.26. The second-order valence-electron chi connectivity index (χ2n) is 6.68. The maximum Gasteiger partial charge on any atom is 0.344 e. The highest BCUT2D eigenvalue weighted by Gasteiger charge is 2.23. The van der Waals surface area contributed by atoms with E-state index in [0.29, 0.717) is 55.0 Å². The van der Waals surface area contributed by atoms with Crippen LogP contribution in [0.2, 0.25) is 5.02 Å². The number of hydrogen-bond donors (Lipinski definition) is 4. The number of carbonyl (C=O) groups is 1. The predicted molar refractivity (Wildman–Crippen MR) is 117 cm³/mol. The Morgan fingerprint density at radius 3 is 2.67 bits per heavy atom. The highest BCUT2D eigenvalue weighted by atomic mass is 35.5. The smallest absolute Gasteiger partial charge is 0.321 e. The van der Waals surface area contributed by atoms with Crippen LogP contribution in [0.25, 0.3) is 0 Å². The molecule has 2 aromatic rings. The van der Waals surface area contributed by atoms with Gasteiger partial charge in [-0.05, 0) is 17.7 Å². The zero-order valence-corrected chi connectivity index (χ0v) is 18.0. The average molecular weight is 454 g/mol. The van der Waals surface area contributed by atoms with Crippen LogP contribution >= 0.6 is 11.6 Å². The number of nitrogens with two attached hydrogens (primary N) is 2. The molecule has 1 aromatic heterocycles. The van der Waals surface area contributed by atoms with Crippen LogP contribution in [0.4, 0.5) is 10.6 Å². The summed E-state index contributed by atoms with van der Waals surface area (Å²) in [5, 5.41) is 8.23. The van der Waals surface area contributed by atoms with Crippen LogP contribution in [0.15, 0.2) is 35.6 Å². The molecule has 30 heavy (non-hydrogen) atoms. The topological polar surface area (TPSA) is 147 Å². The number of hydrazone groups is 1. The highest BCUT2D eigenvalue weighted by molar-refractivity contribution is 7.85. The third-order valence-electron chi connectivity index (χ3n) is 4.63. The monoisotopic (exact) mass is 453 g/mol. The summed E-state index contributed by atoms with van der Waals surface area (Å²) in [4.78, 5) is 16.6. The van der Waals surface area contributed by atoms with E-state index in [1.165, 1.54) is 10.9 Å². The van der Waals surface area contributed by atoms with Gasteiger partial charge in [-0.2, -0.15) is 9.78 Å². The van der Waals surface area contributed by atoms with E-state index in [1.54, 1.807) is 23.2 Å². The van der Waals surface area contributed by atoms with Gasteiger partial charge in [-0.1, -0.05) is 17.7 Å². The number of nitrogens with zero attached hydrogens (tertiary/aromatic N) is 5. The normalized spacial score (nSPS) is 16.4. The molecule has 1 unspecified atom stereocenters. The van der Waals surface area contributed by atoms with Gasteiger partial charge in [0.15, 0.2) is 11.7 Å². The first-order valence-corrected chi connectivity index (χ1v) is 11.1. The molecule has 6 N–H and O–H groups in total. The minimum absolute atomic E-state index is 0.212. The van der Waals surface area contributed by atoms with Crippen LogP contribution in [0.5, 0.6) is 0 Å². The third kappa shape index (κ3) is 5.27. The van der Waals surface area contributed by atoms with Gasteiger partial charge in [0, 0.05) is 56.8 Å². The van der Waals surface area contributed by atoms with Gasteiger partial charge in [0.05, 0.1) is 5.02 Å². The minimum atomic E-state index is -1.24. The lowest BCUT2D eigenvalue weighted by molar-refractivity contribution is 0.134. The fraction of sp³-hybridized carbons (Fsp3) is 0.353. The fourth-order valence-electron chi connectivity index (χ4n) is 3.17. The van der Waals surface area contributed by atoms with Crippen LogP contribution in [0.3, 0.4) is 0 Å². The molecule has 0 radical (unpaired) electrons. The second kappa shape index (κ2) is 9.89. The first-order chi connectivity index (χ1) is 14.4. The Bertz CT molecular complexity index is 956. The molecular weight excluding hydrogens is 430 g/mol. The quantitative estimate of drug-likeness (QED) is 0.217. The number of amides is 1. The van der Waals surface area contributed by atoms with Crippen molar-refractivity contribution in [1.82, 2.24) is 25.0 Å². The Morgan fingerprint density at radius 2 is 2.03 bits per heavy atom. The molecule has 2 heterocycles. The molecule has 1 aliphatic rings. The van der Waals surface area contributed by atoms with Gasteiger partial charge in [0.2, 0.25) is 0 Å². The molecule has 11 nitrogen and oxygen atoms in total. The molecule has 3 rings (SSSR count). The number of rotatable bonds is 5. The molecule has 0 bridgehead atoms. The van der Waals surface area contributed by atoms with E-state index in [9.17, 15) is 9.00 Å². The zero-order valence-electron chi connectivity index (χ0n) is 16.4. The number of piperazine rings is 1. The van der Waals surface area contributed by atoms with Gasteiger partial charge in [-0.25, -0.2) is 14.8 Å². The van der Waals surface area contributed by atoms with Crippen molar-refractivity contribution in [1.29, 1.82) is 0 Å². The van der Waals surface area contributed by atoms with Gasteiger partial charge in [0.1, 0.15) is 11.0 Å². The summed E-state index contributed by atoms with van der Waals surface area (Å²) in [6.07, 6.45) is 3.06. The molecule has 1 aromatic carbocycles. The van der Waals surface area contributed by atoms with E-state index < -0.39 is 11.0 Å². The Balaban J connectivity index is 1.58. The van der Waals surface area contributed by atoms with Gasteiger partial charge in [-0.15, -0.1) is 5.10 Å². The molecule has 1 saturated heterocycles. The molecule has 0 aliphatic carbocycles. The summed E-state index contributed by atoms with van der Waals surface area (Å²) in [5.41, 5.74) is 4.10. The van der Waals surface area contributed by atoms with E-state index in [1.807, 2.05) is 12.1 Å². The van der Waals surface area contributed by atoms with E-state index in [4.69, 9.17) is 23.3 Å². The van der Waals surface area contributed by atoms with Crippen LogP contribution in [-0.4, -0.2) is 68.1 Å². The number of benzene rings is 1. The molecular formula is C17H24ClN9O2S. The van der Waals surface area contributed by atoms with Gasteiger partial charge < -0.3 is 16.2 Å². The van der Waals surface area contributed by atoms with Gasteiger partial charge in [0.25, 0.3) is 0 Å². The van der Waals surface area contributed by atoms with Crippen LogP contribution in [0, 0.1) is 0 Å². The first kappa shape index (κ1) is 22.0. The number of halogens is 1. The Labute approximate surface area is 181 Å². The fourth-order valence-corrected chi connectivity index (χ4v) is 3.78. The van der Waals surface area contributed by atoms with Crippen LogP contribution < -0.4 is 21.8 Å². The summed E-state index contributed by atoms with van der Waals surface area (Å²) in [7, 11) is -1.24. The molecule has 1 aliphatic heterocycles. The van der Waals surface area contributed by atoms with Crippen molar-refractivity contribution in [3.8, 4) is 0 Å². The van der Waals surface area contributed by atoms with Crippen LogP contribution in [0.1, 0.15) is 11.1 Å². The first-order valence-electron chi connectivity index (χ1n) is 9.12. The van der Waals surface area contributed by atoms with E-state index in [0.717, 1.165) is 5.56 Å². The number of nitrogens with one attached hydrogen (secondary N) is 2. The molecule has 0 spiro atoms. The number of anilines is 1. The summed E-state index contributed by atoms with van der Waals surface area (Å²) in [6.45, 7) is 3.25. The zero-order chi connectivity index (χ0) is 21.7. The number of aromatic nitrogens is 2. The van der Waals surface area contributed by atoms with Crippen molar-refractivity contribution < 1.29 is 9.00 Å². The summed E-state index contributed by atoms with van der Waals surface area (Å²) in [6, 6.07) is 7.01. The molecule has 1 amide bonds. The molecule has 162 valence electrons. The highest BCUT2D eigenvalue weighted by Crippen LogP contribution is 2.19. The lowest BCUT2D eigenvalue weighted by Crippen LogP contribution is -2.49. The van der Waals surface area contributed by atoms with Crippen molar-refractivity contribution >= 4 is 40.3 Å². The van der Waals surface area contributed by atoms with Gasteiger partial charge >= 0.3 is 6.03 Å². The summed E-state index contributed by atoms with van der Waals surface area (Å²) >= 11 is 6.21. The lowest BCUT2D eigenvalue weighted by atomic mass is 10.1. The van der Waals surface area contributed by atoms with Crippen molar-refractivity contribution in [3.63, 3.8) is 0 Å². The Hall–Kier alpha value is -2.67. The minimum Gasteiger partial charge on any atom is -0.321 e. The third-order valence-corrected chi connectivity index (χ3v) is 5.46. The number of amidine groups is 1. The number of hydrazine groups is 1. The summed E-state index contributed by atoms with van der Waals surface area (Å²) < 4.78 is 15.1. The van der Waals surface area contributed by atoms with Crippen molar-refractivity contribution in [2.45, 2.75) is 6.54 Å². The number of hydrogen-bond acceptors (Lipinski definition) is 7. The van der Waals surface area contributed by atoms with Crippen molar-refractivity contribution in [3.05, 3.63) is 46.6 Å². The molecule has 1 fully saturated rings. The van der Waals surface area contributed by atoms with E-state index in [2.05, 4.69) is 25.2 Å². The van der Waals surface area contributed by atoms with Crippen molar-refractivity contribution in [2.24, 2.45) is 16.8 Å². The molecule has 1 atom stereocenters. The van der Waals surface area contributed by atoms with E-state index >= 15 is 0 Å². The largest absolute Gasteiger partial charge is 0.344 e. The summed E-state index contributed by atoms with van der Waals surface area (Å²) in [5.74, 6) is 11.5. The molecule has 0 saturated carbocycles. The second-order valence-corrected chi connectivity index (χ2v) is 8.20. The van der Waals surface area contributed by atoms with Crippen molar-refractivity contribution in [2.75, 3.05) is 37.2 Å². The molecule has 13 heteroatoms. The predicted octanol–water partition coefficient (Wildman–Crippen LogP) is 0.111. The number of carbonyl (C=O) groups excluding carboxylic acids is 1. The average Bonchev–Trinajstić information content (AvgIpc) is 3.19.